The van der Waals surface area contributed by atoms with Crippen LogP contribution < -0.4 is 5.32 Å². The Balaban J connectivity index is 2.19. The van der Waals surface area contributed by atoms with E-state index in [1.165, 1.54) is 5.56 Å². The van der Waals surface area contributed by atoms with Crippen molar-refractivity contribution in [2.75, 3.05) is 6.54 Å². The number of aliphatic hydroxyl groups excluding tert-OH is 1. The second-order valence-corrected chi connectivity index (χ2v) is 4.37. The zero-order valence-corrected chi connectivity index (χ0v) is 9.44. The summed E-state index contributed by atoms with van der Waals surface area (Å²) in [4.78, 5) is 11.0. The van der Waals surface area contributed by atoms with Gasteiger partial charge < -0.3 is 10.4 Å². The van der Waals surface area contributed by atoms with Gasteiger partial charge in [0.25, 0.3) is 0 Å². The van der Waals surface area contributed by atoms with Gasteiger partial charge >= 0.3 is 0 Å². The fourth-order valence-electron chi connectivity index (χ4n) is 2.24. The average molecular weight is 219 g/mol. The number of hydrogen-bond donors (Lipinski definition) is 2. The molecular formula is C13H17NO2. The smallest absolute Gasteiger partial charge is 0.143 e. The van der Waals surface area contributed by atoms with Crippen molar-refractivity contribution in [2.24, 2.45) is 0 Å². The number of nitrogens with one attached hydrogen (secondary N) is 1. The van der Waals surface area contributed by atoms with Crippen molar-refractivity contribution >= 4 is 5.78 Å². The Bertz CT molecular complexity index is 389. The molecule has 86 valence electrons. The number of rotatable bonds is 3. The van der Waals surface area contributed by atoms with E-state index in [1.54, 1.807) is 6.92 Å². The second kappa shape index (κ2) is 4.76. The average Bonchev–Trinajstić information content (AvgIpc) is 2.27. The number of aryl methyl sites for hydroxylation is 1. The minimum atomic E-state index is -0.394. The molecule has 1 aliphatic carbocycles. The van der Waals surface area contributed by atoms with Crippen LogP contribution in [-0.4, -0.2) is 23.5 Å². The van der Waals surface area contributed by atoms with Crippen molar-refractivity contribution in [3.63, 3.8) is 0 Å². The van der Waals surface area contributed by atoms with Crippen molar-refractivity contribution in [3.8, 4) is 0 Å². The Morgan fingerprint density at radius 2 is 2.25 bits per heavy atom. The van der Waals surface area contributed by atoms with Crippen LogP contribution >= 0.6 is 0 Å². The first-order valence-corrected chi connectivity index (χ1v) is 5.67. The Hall–Kier alpha value is -1.19. The molecule has 3 nitrogen and oxygen atoms in total. The summed E-state index contributed by atoms with van der Waals surface area (Å²) in [5, 5.41) is 13.1. The predicted molar refractivity (Wildman–Crippen MR) is 62.2 cm³/mol. The largest absolute Gasteiger partial charge is 0.391 e. The van der Waals surface area contributed by atoms with E-state index >= 15 is 0 Å². The highest BCUT2D eigenvalue weighted by molar-refractivity contribution is 5.77. The van der Waals surface area contributed by atoms with Gasteiger partial charge in [0.2, 0.25) is 0 Å². The third-order valence-electron chi connectivity index (χ3n) is 3.06. The molecular weight excluding hydrogens is 202 g/mol. The van der Waals surface area contributed by atoms with Crippen molar-refractivity contribution in [1.82, 2.24) is 5.32 Å². The molecule has 2 N–H and O–H groups in total. The first kappa shape index (κ1) is 11.3. The molecule has 1 aromatic carbocycles. The molecule has 0 spiro atoms. The Morgan fingerprint density at radius 1 is 1.50 bits per heavy atom. The number of benzene rings is 1. The molecule has 1 aromatic rings. The van der Waals surface area contributed by atoms with E-state index in [0.717, 1.165) is 18.4 Å². The van der Waals surface area contributed by atoms with Crippen LogP contribution in [0.15, 0.2) is 24.3 Å². The molecule has 0 heterocycles. The fraction of sp³-hybridized carbons (Fsp3) is 0.462. The van der Waals surface area contributed by atoms with E-state index in [1.807, 2.05) is 18.2 Å². The van der Waals surface area contributed by atoms with Crippen LogP contribution in [0.5, 0.6) is 0 Å². The van der Waals surface area contributed by atoms with Crippen LogP contribution in [0.1, 0.15) is 30.5 Å². The Labute approximate surface area is 95.5 Å². The normalized spacial score (nSPS) is 23.9. The lowest BCUT2D eigenvalue weighted by Crippen LogP contribution is -2.38. The van der Waals surface area contributed by atoms with Gasteiger partial charge in [0, 0.05) is 0 Å². The van der Waals surface area contributed by atoms with E-state index in [0.29, 0.717) is 6.54 Å². The lowest BCUT2D eigenvalue weighted by molar-refractivity contribution is -0.116. The minimum absolute atomic E-state index is 0.0928. The lowest BCUT2D eigenvalue weighted by Gasteiger charge is -2.30. The highest BCUT2D eigenvalue weighted by Crippen LogP contribution is 2.29. The molecule has 0 aliphatic heterocycles. The maximum Gasteiger partial charge on any atom is 0.143 e. The van der Waals surface area contributed by atoms with Gasteiger partial charge in [-0.15, -0.1) is 0 Å². The predicted octanol–water partition coefficient (Wildman–Crippen LogP) is 1.21. The Kier molecular flexibility index (Phi) is 3.36. The highest BCUT2D eigenvalue weighted by atomic mass is 16.3. The summed E-state index contributed by atoms with van der Waals surface area (Å²) in [7, 11) is 0. The third-order valence-corrected chi connectivity index (χ3v) is 3.06. The van der Waals surface area contributed by atoms with E-state index < -0.39 is 6.10 Å². The molecule has 2 unspecified atom stereocenters. The van der Waals surface area contributed by atoms with Gasteiger partial charge in [0.1, 0.15) is 5.78 Å². The van der Waals surface area contributed by atoms with Crippen LogP contribution in [0.25, 0.3) is 0 Å². The zero-order valence-electron chi connectivity index (χ0n) is 9.44. The van der Waals surface area contributed by atoms with Gasteiger partial charge in [-0.1, -0.05) is 24.3 Å². The molecule has 2 rings (SSSR count). The van der Waals surface area contributed by atoms with Crippen molar-refractivity contribution < 1.29 is 9.90 Å². The van der Waals surface area contributed by atoms with Gasteiger partial charge in [0.05, 0.1) is 18.7 Å². The summed E-state index contributed by atoms with van der Waals surface area (Å²) in [6.07, 6.45) is 1.27. The van der Waals surface area contributed by atoms with Crippen LogP contribution in [0.4, 0.5) is 0 Å². The van der Waals surface area contributed by atoms with Gasteiger partial charge in [-0.05, 0) is 30.9 Å². The molecule has 0 bridgehead atoms. The molecule has 0 amide bonds. The first-order chi connectivity index (χ1) is 7.68. The van der Waals surface area contributed by atoms with E-state index in [9.17, 15) is 9.90 Å². The molecule has 2 atom stereocenters. The topological polar surface area (TPSA) is 49.3 Å². The van der Waals surface area contributed by atoms with E-state index in [4.69, 9.17) is 0 Å². The summed E-state index contributed by atoms with van der Waals surface area (Å²) in [6, 6.07) is 7.99. The molecule has 0 saturated carbocycles. The monoisotopic (exact) mass is 219 g/mol. The van der Waals surface area contributed by atoms with E-state index in [-0.39, 0.29) is 11.8 Å². The highest BCUT2D eigenvalue weighted by Gasteiger charge is 2.27. The summed E-state index contributed by atoms with van der Waals surface area (Å²) < 4.78 is 0. The molecule has 0 radical (unpaired) electrons. The molecule has 0 fully saturated rings. The summed E-state index contributed by atoms with van der Waals surface area (Å²) in [5.74, 6) is 0.0928. The number of carbonyl (C=O) groups excluding carboxylic acids is 1. The van der Waals surface area contributed by atoms with Crippen molar-refractivity contribution in [1.29, 1.82) is 0 Å². The Morgan fingerprint density at radius 3 is 3.00 bits per heavy atom. The van der Waals surface area contributed by atoms with Gasteiger partial charge in [-0.2, -0.15) is 0 Å². The van der Waals surface area contributed by atoms with Gasteiger partial charge in [-0.25, -0.2) is 0 Å². The number of Topliss-reactive ketones (excluding diaryl/α,β-unsaturated/α-hetero) is 1. The number of ketones is 1. The lowest BCUT2D eigenvalue weighted by atomic mass is 9.85. The summed E-state index contributed by atoms with van der Waals surface area (Å²) in [5.41, 5.74) is 2.40. The molecule has 1 aliphatic rings. The third kappa shape index (κ3) is 2.31. The zero-order chi connectivity index (χ0) is 11.5. The quantitative estimate of drug-likeness (QED) is 0.803. The fourth-order valence-corrected chi connectivity index (χ4v) is 2.24. The number of hydrogen-bond acceptors (Lipinski definition) is 3. The van der Waals surface area contributed by atoms with Gasteiger partial charge in [-0.3, -0.25) is 4.79 Å². The number of fused-ring (bicyclic) bond motifs is 1. The van der Waals surface area contributed by atoms with Crippen molar-refractivity contribution in [2.45, 2.75) is 31.9 Å². The molecule has 0 aromatic heterocycles. The maximum atomic E-state index is 11.0. The van der Waals surface area contributed by atoms with Crippen molar-refractivity contribution in [3.05, 3.63) is 35.4 Å². The van der Waals surface area contributed by atoms with Crippen LogP contribution in [0, 0.1) is 0 Å². The molecule has 3 heteroatoms. The first-order valence-electron chi connectivity index (χ1n) is 5.67. The maximum absolute atomic E-state index is 11.0. The van der Waals surface area contributed by atoms with E-state index in [2.05, 4.69) is 11.4 Å². The second-order valence-electron chi connectivity index (χ2n) is 4.37. The molecule has 0 saturated heterocycles. The van der Waals surface area contributed by atoms with Crippen LogP contribution in [0.3, 0.4) is 0 Å². The van der Waals surface area contributed by atoms with Gasteiger partial charge in [0.15, 0.2) is 0 Å². The van der Waals surface area contributed by atoms with Crippen LogP contribution in [0.2, 0.25) is 0 Å². The van der Waals surface area contributed by atoms with Crippen LogP contribution in [-0.2, 0) is 11.2 Å². The standard InChI is InChI=1S/C13H17NO2/c1-9(15)8-14-13-11-5-3-2-4-10(11)6-7-12(13)16/h2-5,12-14,16H,6-8H2,1H3. The summed E-state index contributed by atoms with van der Waals surface area (Å²) >= 11 is 0. The minimum Gasteiger partial charge on any atom is -0.391 e. The number of aliphatic hydroxyl groups is 1. The number of carbonyl (C=O) groups is 1. The SMILES string of the molecule is CC(=O)CNC1c2ccccc2CCC1O. The molecule has 16 heavy (non-hydrogen) atoms. The summed E-state index contributed by atoms with van der Waals surface area (Å²) in [6.45, 7) is 1.87.